The van der Waals surface area contributed by atoms with Gasteiger partial charge in [-0.15, -0.1) is 0 Å². The molecule has 5 rings (SSSR count). The van der Waals surface area contributed by atoms with Gasteiger partial charge in [-0.3, -0.25) is 19.2 Å². The fourth-order valence-corrected chi connectivity index (χ4v) is 6.42. The number of Topliss-reactive ketones (excluding diaryl/α,β-unsaturated/α-hetero) is 1. The third-order valence-electron chi connectivity index (χ3n) is 8.32. The zero-order valence-electron chi connectivity index (χ0n) is 27.0. The maximum absolute atomic E-state index is 14.2. The number of aromatic nitrogens is 1. The summed E-state index contributed by atoms with van der Waals surface area (Å²) in [5.41, 5.74) is 3.07. The number of carboxylic acid groups (broad SMARTS) is 1. The van der Waals surface area contributed by atoms with Crippen molar-refractivity contribution in [3.63, 3.8) is 0 Å². The molecule has 1 aromatic heterocycles. The van der Waals surface area contributed by atoms with Crippen molar-refractivity contribution in [2.24, 2.45) is 5.92 Å². The molecule has 0 spiro atoms. The third-order valence-corrected chi connectivity index (χ3v) is 9.01. The van der Waals surface area contributed by atoms with Gasteiger partial charge < -0.3 is 25.1 Å². The predicted molar refractivity (Wildman–Crippen MR) is 187 cm³/mol. The van der Waals surface area contributed by atoms with Crippen LogP contribution in [0.25, 0.3) is 11.3 Å². The number of rotatable bonds is 13. The number of halogens is 3. The predicted octanol–water partition coefficient (Wildman–Crippen LogP) is 5.89. The molecule has 0 saturated carbocycles. The van der Waals surface area contributed by atoms with Gasteiger partial charge in [-0.25, -0.2) is 9.78 Å². The summed E-state index contributed by atoms with van der Waals surface area (Å²) in [6.45, 7) is 3.02. The van der Waals surface area contributed by atoms with Crippen molar-refractivity contribution < 1.29 is 33.5 Å². The molecule has 3 N–H and O–H groups in total. The maximum atomic E-state index is 14.2. The molecular formula is C36H33Cl3N4O7. The lowest BCUT2D eigenvalue weighted by Gasteiger charge is -2.34. The van der Waals surface area contributed by atoms with Crippen molar-refractivity contribution in [3.05, 3.63) is 111 Å². The molecule has 3 amide bonds. The van der Waals surface area contributed by atoms with Gasteiger partial charge >= 0.3 is 5.97 Å². The second-order valence-corrected chi connectivity index (χ2v) is 13.6. The first-order chi connectivity index (χ1) is 23.8. The van der Waals surface area contributed by atoms with E-state index in [-0.39, 0.29) is 17.5 Å². The van der Waals surface area contributed by atoms with Crippen LogP contribution >= 0.6 is 34.8 Å². The summed E-state index contributed by atoms with van der Waals surface area (Å²) < 4.78 is 5.31. The molecule has 0 aliphatic heterocycles. The number of hydrogen-bond acceptors (Lipinski definition) is 7. The summed E-state index contributed by atoms with van der Waals surface area (Å²) in [6.07, 6.45) is 1.45. The number of carboxylic acids is 1. The SMILES string of the molecule is CC(C)[C@H](NC(=O)c1ccc(Cl)cc1)C(=O)N(CC(=O)N[C@@H](CC(=O)c1nc(-c2cc(Cl)cc(Cl)c2)co1)C(=O)O)C1Cc2ccccc2C1. The van der Waals surface area contributed by atoms with Crippen molar-refractivity contribution >= 4 is 64.3 Å². The summed E-state index contributed by atoms with van der Waals surface area (Å²) in [5.74, 6) is -4.79. The fraction of sp³-hybridized carbons (Fsp3) is 0.278. The van der Waals surface area contributed by atoms with Crippen molar-refractivity contribution in [1.29, 1.82) is 0 Å². The van der Waals surface area contributed by atoms with Crippen LogP contribution in [0.15, 0.2) is 77.4 Å². The quantitative estimate of drug-likeness (QED) is 0.143. The zero-order chi connectivity index (χ0) is 36.1. The maximum Gasteiger partial charge on any atom is 0.326 e. The number of oxazole rings is 1. The molecule has 2 atom stereocenters. The van der Waals surface area contributed by atoms with Crippen LogP contribution in [0.5, 0.6) is 0 Å². The van der Waals surface area contributed by atoms with Gasteiger partial charge in [0.25, 0.3) is 11.8 Å². The zero-order valence-corrected chi connectivity index (χ0v) is 29.3. The number of nitrogens with zero attached hydrogens (tertiary/aromatic N) is 2. The number of benzene rings is 3. The van der Waals surface area contributed by atoms with E-state index >= 15 is 0 Å². The lowest BCUT2D eigenvalue weighted by Crippen LogP contribution is -2.57. The summed E-state index contributed by atoms with van der Waals surface area (Å²) in [5, 5.41) is 16.3. The highest BCUT2D eigenvalue weighted by Crippen LogP contribution is 2.28. The first-order valence-electron chi connectivity index (χ1n) is 15.7. The van der Waals surface area contributed by atoms with Crippen LogP contribution in [0.3, 0.4) is 0 Å². The minimum Gasteiger partial charge on any atom is -0.480 e. The molecule has 0 bridgehead atoms. The van der Waals surface area contributed by atoms with E-state index in [4.69, 9.17) is 39.2 Å². The lowest BCUT2D eigenvalue weighted by molar-refractivity contribution is -0.143. The Hall–Kier alpha value is -4.71. The Morgan fingerprint density at radius 3 is 2.10 bits per heavy atom. The molecule has 3 aromatic carbocycles. The van der Waals surface area contributed by atoms with E-state index in [2.05, 4.69) is 15.6 Å². The van der Waals surface area contributed by atoms with E-state index in [1.54, 1.807) is 38.1 Å². The smallest absolute Gasteiger partial charge is 0.326 e. The molecular weight excluding hydrogens is 707 g/mol. The minimum absolute atomic E-state index is 0.253. The molecule has 0 fully saturated rings. The molecule has 4 aromatic rings. The van der Waals surface area contributed by atoms with Gasteiger partial charge in [0, 0.05) is 38.7 Å². The van der Waals surface area contributed by atoms with Crippen LogP contribution in [0.4, 0.5) is 0 Å². The molecule has 0 radical (unpaired) electrons. The number of hydrogen-bond donors (Lipinski definition) is 3. The average Bonchev–Trinajstić information content (AvgIpc) is 3.73. The van der Waals surface area contributed by atoms with E-state index in [1.807, 2.05) is 24.3 Å². The number of amides is 3. The number of fused-ring (bicyclic) bond motifs is 1. The van der Waals surface area contributed by atoms with Gasteiger partial charge in [-0.05, 0) is 72.4 Å². The molecule has 260 valence electrons. The van der Waals surface area contributed by atoms with Crippen LogP contribution in [0.1, 0.15) is 52.4 Å². The van der Waals surface area contributed by atoms with Gasteiger partial charge in [0.2, 0.25) is 17.6 Å². The second kappa shape index (κ2) is 15.9. The van der Waals surface area contributed by atoms with Gasteiger partial charge in [0.15, 0.2) is 0 Å². The molecule has 1 aliphatic carbocycles. The highest BCUT2D eigenvalue weighted by atomic mass is 35.5. The molecule has 14 heteroatoms. The van der Waals surface area contributed by atoms with Crippen molar-refractivity contribution in [2.75, 3.05) is 6.54 Å². The fourth-order valence-electron chi connectivity index (χ4n) is 5.76. The minimum atomic E-state index is -1.66. The normalized spacial score (nSPS) is 13.7. The molecule has 0 saturated heterocycles. The van der Waals surface area contributed by atoms with Crippen molar-refractivity contribution in [3.8, 4) is 11.3 Å². The number of ketones is 1. The Balaban J connectivity index is 1.32. The largest absolute Gasteiger partial charge is 0.480 e. The molecule has 1 aliphatic rings. The van der Waals surface area contributed by atoms with E-state index < -0.39 is 60.6 Å². The van der Waals surface area contributed by atoms with E-state index in [9.17, 15) is 29.1 Å². The molecule has 1 heterocycles. The van der Waals surface area contributed by atoms with E-state index in [0.29, 0.717) is 39.0 Å². The first-order valence-corrected chi connectivity index (χ1v) is 16.8. The van der Waals surface area contributed by atoms with Crippen molar-refractivity contribution in [2.45, 2.75) is 51.2 Å². The highest BCUT2D eigenvalue weighted by Gasteiger charge is 2.37. The third kappa shape index (κ3) is 8.90. The Morgan fingerprint density at radius 1 is 0.900 bits per heavy atom. The van der Waals surface area contributed by atoms with Gasteiger partial charge in [-0.1, -0.05) is 72.9 Å². The van der Waals surface area contributed by atoms with E-state index in [0.717, 1.165) is 11.1 Å². The number of nitrogens with one attached hydrogen (secondary N) is 2. The lowest BCUT2D eigenvalue weighted by atomic mass is 10.00. The highest BCUT2D eigenvalue weighted by molar-refractivity contribution is 6.35. The van der Waals surface area contributed by atoms with Gasteiger partial charge in [0.05, 0.1) is 6.54 Å². The van der Waals surface area contributed by atoms with Crippen LogP contribution < -0.4 is 10.6 Å². The van der Waals surface area contributed by atoms with Crippen LogP contribution in [0, 0.1) is 5.92 Å². The van der Waals surface area contributed by atoms with Crippen molar-refractivity contribution in [1.82, 2.24) is 20.5 Å². The van der Waals surface area contributed by atoms with Gasteiger partial charge in [0.1, 0.15) is 24.0 Å². The summed E-state index contributed by atoms with van der Waals surface area (Å²) in [6, 6.07) is 15.4. The standard InChI is InChI=1S/C36H33Cl3N4O7/c1-19(2)32(42-33(46)20-7-9-24(37)10-8-20)35(47)43(27-13-21-5-3-4-6-22(21)14-27)17-31(45)40-28(36(48)49)16-30(44)34-41-29(18-50-34)23-11-25(38)15-26(39)12-23/h3-12,15,18-19,27-28,32H,13-14,16-17H2,1-2H3,(H,40,45)(H,42,46)(H,48,49)/t28-,32-/m0/s1. The average molecular weight is 740 g/mol. The first kappa shape index (κ1) is 36.6. The molecule has 50 heavy (non-hydrogen) atoms. The van der Waals surface area contributed by atoms with Crippen LogP contribution in [-0.2, 0) is 27.2 Å². The number of carbonyl (C=O) groups excluding carboxylic acids is 4. The van der Waals surface area contributed by atoms with Crippen LogP contribution in [-0.4, -0.2) is 69.1 Å². The monoisotopic (exact) mass is 738 g/mol. The summed E-state index contributed by atoms with van der Waals surface area (Å²) in [4.78, 5) is 71.7. The Morgan fingerprint density at radius 2 is 1.52 bits per heavy atom. The van der Waals surface area contributed by atoms with Crippen LogP contribution in [0.2, 0.25) is 15.1 Å². The Labute approximate surface area is 302 Å². The topological polar surface area (TPSA) is 159 Å². The summed E-state index contributed by atoms with van der Waals surface area (Å²) >= 11 is 18.1. The Kier molecular flexibility index (Phi) is 11.6. The molecule has 0 unspecified atom stereocenters. The number of carbonyl (C=O) groups is 5. The second-order valence-electron chi connectivity index (χ2n) is 12.3. The van der Waals surface area contributed by atoms with Gasteiger partial charge in [-0.2, -0.15) is 0 Å². The Bertz CT molecular complexity index is 1880. The summed E-state index contributed by atoms with van der Waals surface area (Å²) in [7, 11) is 0. The number of aliphatic carboxylic acids is 1. The van der Waals surface area contributed by atoms with E-state index in [1.165, 1.54) is 29.4 Å². The molecule has 11 nitrogen and oxygen atoms in total.